The lowest BCUT2D eigenvalue weighted by Gasteiger charge is -2.11. The first-order valence-corrected chi connectivity index (χ1v) is 9.09. The second-order valence-electron chi connectivity index (χ2n) is 6.33. The van der Waals surface area contributed by atoms with E-state index in [1.807, 2.05) is 43.1 Å². The summed E-state index contributed by atoms with van der Waals surface area (Å²) in [5, 5.41) is 10.7. The van der Waals surface area contributed by atoms with Gasteiger partial charge in [-0.25, -0.2) is 4.99 Å². The number of aryl methyl sites for hydroxylation is 1. The number of rotatable bonds is 9. The summed E-state index contributed by atoms with van der Waals surface area (Å²) in [7, 11) is 0. The maximum absolute atomic E-state index is 12.1. The molecule has 0 saturated heterocycles. The lowest BCUT2D eigenvalue weighted by Crippen LogP contribution is -2.38. The van der Waals surface area contributed by atoms with Crippen LogP contribution in [0.5, 0.6) is 0 Å². The normalized spacial score (nSPS) is 12.2. The fraction of sp³-hybridized carbons (Fsp3) is 0.474. The highest BCUT2D eigenvalue weighted by molar-refractivity contribution is 5.79. The summed E-state index contributed by atoms with van der Waals surface area (Å²) in [6.07, 6.45) is -0.510. The van der Waals surface area contributed by atoms with Crippen molar-refractivity contribution in [3.05, 3.63) is 53.3 Å². The summed E-state index contributed by atoms with van der Waals surface area (Å²) in [6.45, 7) is 5.28. The zero-order valence-corrected chi connectivity index (χ0v) is 16.1. The van der Waals surface area contributed by atoms with E-state index in [0.29, 0.717) is 24.6 Å². The third-order valence-electron chi connectivity index (χ3n) is 3.72. The number of nitrogens with zero attached hydrogens (tertiary/aromatic N) is 3. The van der Waals surface area contributed by atoms with Crippen LogP contribution in [0.25, 0.3) is 0 Å². The van der Waals surface area contributed by atoms with Crippen molar-refractivity contribution in [1.29, 1.82) is 0 Å². The molecule has 0 radical (unpaired) electrons. The van der Waals surface area contributed by atoms with Crippen molar-refractivity contribution in [3.63, 3.8) is 0 Å². The highest BCUT2D eigenvalue weighted by atomic mass is 19.4. The van der Waals surface area contributed by atoms with Gasteiger partial charge in [0.1, 0.15) is 6.61 Å². The third-order valence-corrected chi connectivity index (χ3v) is 3.72. The van der Waals surface area contributed by atoms with Crippen molar-refractivity contribution in [2.45, 2.75) is 39.7 Å². The lowest BCUT2D eigenvalue weighted by molar-refractivity contribution is -0.176. The van der Waals surface area contributed by atoms with Crippen LogP contribution in [0.4, 0.5) is 13.2 Å². The molecule has 1 heterocycles. The van der Waals surface area contributed by atoms with E-state index >= 15 is 0 Å². The minimum Gasteiger partial charge on any atom is -0.367 e. The SMILES string of the molecule is CCNC(=NCc1ccc(COCC(F)(F)F)cc1)NCCn1cc(C)cn1. The van der Waals surface area contributed by atoms with Crippen molar-refractivity contribution in [3.8, 4) is 0 Å². The molecule has 6 nitrogen and oxygen atoms in total. The largest absolute Gasteiger partial charge is 0.411 e. The van der Waals surface area contributed by atoms with Gasteiger partial charge < -0.3 is 15.4 Å². The van der Waals surface area contributed by atoms with Crippen LogP contribution in [-0.4, -0.2) is 41.6 Å². The summed E-state index contributed by atoms with van der Waals surface area (Å²) in [5.41, 5.74) is 2.77. The van der Waals surface area contributed by atoms with E-state index < -0.39 is 12.8 Å². The van der Waals surface area contributed by atoms with Gasteiger partial charge in [0.25, 0.3) is 0 Å². The molecule has 2 aromatic rings. The number of halogens is 3. The van der Waals surface area contributed by atoms with Crippen LogP contribution in [-0.2, 0) is 24.4 Å². The van der Waals surface area contributed by atoms with E-state index in [9.17, 15) is 13.2 Å². The molecule has 0 aliphatic rings. The fourth-order valence-electron chi connectivity index (χ4n) is 2.42. The van der Waals surface area contributed by atoms with Crippen molar-refractivity contribution < 1.29 is 17.9 Å². The number of ether oxygens (including phenoxy) is 1. The van der Waals surface area contributed by atoms with E-state index in [4.69, 9.17) is 0 Å². The van der Waals surface area contributed by atoms with Gasteiger partial charge in [0.15, 0.2) is 5.96 Å². The highest BCUT2D eigenvalue weighted by Crippen LogP contribution is 2.16. The van der Waals surface area contributed by atoms with Crippen LogP contribution >= 0.6 is 0 Å². The summed E-state index contributed by atoms with van der Waals surface area (Å²) in [4.78, 5) is 4.53. The molecule has 0 fully saturated rings. The van der Waals surface area contributed by atoms with Gasteiger partial charge in [0, 0.05) is 19.3 Å². The molecule has 0 aliphatic carbocycles. The van der Waals surface area contributed by atoms with E-state index in [1.54, 1.807) is 12.1 Å². The number of aromatic nitrogens is 2. The second kappa shape index (κ2) is 10.7. The zero-order valence-electron chi connectivity index (χ0n) is 16.1. The predicted octanol–water partition coefficient (Wildman–Crippen LogP) is 3.03. The number of alkyl halides is 3. The molecule has 1 aromatic heterocycles. The van der Waals surface area contributed by atoms with Gasteiger partial charge in [0.05, 0.1) is 25.9 Å². The molecular weight excluding hydrogens is 371 g/mol. The van der Waals surface area contributed by atoms with E-state index in [1.165, 1.54) is 0 Å². The summed E-state index contributed by atoms with van der Waals surface area (Å²) >= 11 is 0. The Labute approximate surface area is 162 Å². The predicted molar refractivity (Wildman–Crippen MR) is 102 cm³/mol. The first kappa shape index (κ1) is 21.7. The van der Waals surface area contributed by atoms with Gasteiger partial charge in [-0.3, -0.25) is 4.68 Å². The van der Waals surface area contributed by atoms with Crippen molar-refractivity contribution in [2.24, 2.45) is 4.99 Å². The van der Waals surface area contributed by atoms with Gasteiger partial charge in [-0.1, -0.05) is 24.3 Å². The molecule has 2 N–H and O–H groups in total. The Balaban J connectivity index is 1.80. The first-order chi connectivity index (χ1) is 13.4. The van der Waals surface area contributed by atoms with Crippen LogP contribution in [0.1, 0.15) is 23.6 Å². The number of aliphatic imine (C=N–C) groups is 1. The Morgan fingerprint density at radius 2 is 1.89 bits per heavy atom. The maximum atomic E-state index is 12.1. The molecule has 0 unspecified atom stereocenters. The summed E-state index contributed by atoms with van der Waals surface area (Å²) in [6, 6.07) is 7.18. The quantitative estimate of drug-likeness (QED) is 0.504. The van der Waals surface area contributed by atoms with E-state index in [2.05, 4.69) is 25.5 Å². The number of guanidine groups is 1. The Morgan fingerprint density at radius 1 is 1.18 bits per heavy atom. The highest BCUT2D eigenvalue weighted by Gasteiger charge is 2.27. The Kier molecular flexibility index (Phi) is 8.31. The first-order valence-electron chi connectivity index (χ1n) is 9.09. The van der Waals surface area contributed by atoms with Crippen LogP contribution in [0.2, 0.25) is 0 Å². The minimum atomic E-state index is -4.30. The van der Waals surface area contributed by atoms with E-state index in [-0.39, 0.29) is 6.61 Å². The van der Waals surface area contributed by atoms with Gasteiger partial charge in [-0.15, -0.1) is 0 Å². The van der Waals surface area contributed by atoms with Crippen LogP contribution in [0.15, 0.2) is 41.7 Å². The molecule has 2 rings (SSSR count). The zero-order chi connectivity index (χ0) is 20.4. The average molecular weight is 397 g/mol. The van der Waals surface area contributed by atoms with Gasteiger partial charge >= 0.3 is 6.18 Å². The number of nitrogens with one attached hydrogen (secondary N) is 2. The Bertz CT molecular complexity index is 741. The van der Waals surface area contributed by atoms with Crippen molar-refractivity contribution in [2.75, 3.05) is 19.7 Å². The van der Waals surface area contributed by atoms with Crippen LogP contribution in [0, 0.1) is 6.92 Å². The smallest absolute Gasteiger partial charge is 0.367 e. The molecule has 0 atom stereocenters. The summed E-state index contributed by atoms with van der Waals surface area (Å²) < 4.78 is 42.8. The molecule has 0 aliphatic heterocycles. The minimum absolute atomic E-state index is 0.0693. The topological polar surface area (TPSA) is 63.5 Å². The molecule has 0 spiro atoms. The molecule has 0 saturated carbocycles. The monoisotopic (exact) mass is 397 g/mol. The molecule has 154 valence electrons. The number of hydrogen-bond acceptors (Lipinski definition) is 3. The van der Waals surface area contributed by atoms with Crippen molar-refractivity contribution >= 4 is 5.96 Å². The molecule has 9 heteroatoms. The standard InChI is InChI=1S/C19H26F3N5O/c1-3-23-18(24-8-9-27-12-15(2)10-26-27)25-11-16-4-6-17(7-5-16)13-28-14-19(20,21)22/h4-7,10,12H,3,8-9,11,13-14H2,1-2H3,(H2,23,24,25). The molecular formula is C19H26F3N5O. The van der Waals surface area contributed by atoms with Crippen LogP contribution in [0.3, 0.4) is 0 Å². The Morgan fingerprint density at radius 3 is 2.50 bits per heavy atom. The second-order valence-corrected chi connectivity index (χ2v) is 6.33. The van der Waals surface area contributed by atoms with Gasteiger partial charge in [-0.2, -0.15) is 18.3 Å². The Hall–Kier alpha value is -2.55. The van der Waals surface area contributed by atoms with Gasteiger partial charge in [0.2, 0.25) is 0 Å². The number of hydrogen-bond donors (Lipinski definition) is 2. The third kappa shape index (κ3) is 8.43. The summed E-state index contributed by atoms with van der Waals surface area (Å²) in [5.74, 6) is 0.698. The molecule has 0 amide bonds. The maximum Gasteiger partial charge on any atom is 0.411 e. The average Bonchev–Trinajstić information content (AvgIpc) is 3.05. The number of benzene rings is 1. The van der Waals surface area contributed by atoms with Crippen LogP contribution < -0.4 is 10.6 Å². The molecule has 28 heavy (non-hydrogen) atoms. The lowest BCUT2D eigenvalue weighted by atomic mass is 10.1. The molecule has 1 aromatic carbocycles. The molecule has 0 bridgehead atoms. The van der Waals surface area contributed by atoms with Crippen molar-refractivity contribution in [1.82, 2.24) is 20.4 Å². The fourth-order valence-corrected chi connectivity index (χ4v) is 2.42. The van der Waals surface area contributed by atoms with E-state index in [0.717, 1.165) is 24.2 Å². The van der Waals surface area contributed by atoms with Gasteiger partial charge in [-0.05, 0) is 30.5 Å².